The molecular formula is C22H25N3OS. The zero-order valence-corrected chi connectivity index (χ0v) is 16.4. The smallest absolute Gasteiger partial charge is 0.186 e. The van der Waals surface area contributed by atoms with E-state index in [4.69, 9.17) is 4.98 Å². The van der Waals surface area contributed by atoms with Crippen LogP contribution in [0.1, 0.15) is 18.4 Å². The number of fused-ring (bicyclic) bond motifs is 1. The summed E-state index contributed by atoms with van der Waals surface area (Å²) >= 11 is 1.70. The van der Waals surface area contributed by atoms with E-state index in [9.17, 15) is 5.11 Å². The fraction of sp³-hybridized carbons (Fsp3) is 0.318. The lowest BCUT2D eigenvalue weighted by molar-refractivity contribution is 0.231. The van der Waals surface area contributed by atoms with Crippen LogP contribution in [0.2, 0.25) is 0 Å². The number of aromatic nitrogens is 1. The second kappa shape index (κ2) is 8.11. The van der Waals surface area contributed by atoms with Gasteiger partial charge in [0.2, 0.25) is 0 Å². The van der Waals surface area contributed by atoms with Crippen molar-refractivity contribution in [3.8, 4) is 5.75 Å². The number of likely N-dealkylation sites (tertiary alicyclic amines) is 1. The van der Waals surface area contributed by atoms with Crippen molar-refractivity contribution >= 4 is 32.8 Å². The Hall–Kier alpha value is -2.37. The highest BCUT2D eigenvalue weighted by atomic mass is 32.1. The van der Waals surface area contributed by atoms with Gasteiger partial charge in [0.1, 0.15) is 5.75 Å². The highest BCUT2D eigenvalue weighted by Crippen LogP contribution is 2.32. The molecule has 3 aromatic rings. The molecule has 0 saturated carbocycles. The summed E-state index contributed by atoms with van der Waals surface area (Å²) in [7, 11) is 2.15. The van der Waals surface area contributed by atoms with Crippen molar-refractivity contribution < 1.29 is 5.11 Å². The lowest BCUT2D eigenvalue weighted by atomic mass is 10.0. The summed E-state index contributed by atoms with van der Waals surface area (Å²) in [4.78, 5) is 9.54. The number of nitrogens with zero attached hydrogens (tertiary/aromatic N) is 3. The number of benzene rings is 2. The van der Waals surface area contributed by atoms with E-state index < -0.39 is 0 Å². The van der Waals surface area contributed by atoms with Gasteiger partial charge in [0, 0.05) is 38.8 Å². The molecule has 140 valence electrons. The van der Waals surface area contributed by atoms with Crippen LogP contribution >= 0.6 is 11.3 Å². The van der Waals surface area contributed by atoms with Crippen LogP contribution < -0.4 is 4.90 Å². The second-order valence-electron chi connectivity index (χ2n) is 7.10. The molecule has 0 bridgehead atoms. The van der Waals surface area contributed by atoms with Gasteiger partial charge in [0.05, 0.1) is 10.2 Å². The number of aromatic hydroxyl groups is 1. The van der Waals surface area contributed by atoms with E-state index in [0.717, 1.165) is 47.8 Å². The topological polar surface area (TPSA) is 39.6 Å². The predicted molar refractivity (Wildman–Crippen MR) is 115 cm³/mol. The third-order valence-electron chi connectivity index (χ3n) is 5.24. The lowest BCUT2D eigenvalue weighted by Crippen LogP contribution is -2.43. The van der Waals surface area contributed by atoms with E-state index >= 15 is 0 Å². The van der Waals surface area contributed by atoms with Crippen LogP contribution in [0.5, 0.6) is 5.75 Å². The number of phenolic OH excluding ortho intramolecular Hbond substituents is 1. The van der Waals surface area contributed by atoms with Gasteiger partial charge >= 0.3 is 0 Å². The molecule has 1 aliphatic rings. The molecule has 27 heavy (non-hydrogen) atoms. The summed E-state index contributed by atoms with van der Waals surface area (Å²) in [5.74, 6) is 0.277. The number of hydrogen-bond acceptors (Lipinski definition) is 5. The number of anilines is 1. The highest BCUT2D eigenvalue weighted by molar-refractivity contribution is 7.22. The van der Waals surface area contributed by atoms with Gasteiger partial charge in [-0.2, -0.15) is 0 Å². The van der Waals surface area contributed by atoms with Crippen molar-refractivity contribution in [2.24, 2.45) is 0 Å². The van der Waals surface area contributed by atoms with E-state index in [2.05, 4.69) is 53.3 Å². The van der Waals surface area contributed by atoms with Gasteiger partial charge in [-0.05, 0) is 30.5 Å². The molecule has 0 atom stereocenters. The maximum absolute atomic E-state index is 9.64. The largest absolute Gasteiger partial charge is 0.508 e. The summed E-state index contributed by atoms with van der Waals surface area (Å²) in [6.45, 7) is 3.23. The average molecular weight is 380 g/mol. The Balaban J connectivity index is 1.32. The molecule has 1 fully saturated rings. The van der Waals surface area contributed by atoms with E-state index in [1.54, 1.807) is 23.5 Å². The SMILES string of the molecule is CN(c1nc2cc(O)ccc2s1)C1CCN(CC=Cc2ccccc2)CC1. The maximum atomic E-state index is 9.64. The fourth-order valence-corrected chi connectivity index (χ4v) is 4.58. The van der Waals surface area contributed by atoms with Gasteiger partial charge in [0.25, 0.3) is 0 Å². The molecule has 0 aliphatic carbocycles. The first kappa shape index (κ1) is 18.0. The molecule has 4 rings (SSSR count). The Labute approximate surface area is 164 Å². The lowest BCUT2D eigenvalue weighted by Gasteiger charge is -2.36. The van der Waals surface area contributed by atoms with E-state index in [-0.39, 0.29) is 5.75 Å². The molecule has 5 heteroatoms. The minimum Gasteiger partial charge on any atom is -0.508 e. The van der Waals surface area contributed by atoms with E-state index in [0.29, 0.717) is 6.04 Å². The van der Waals surface area contributed by atoms with Gasteiger partial charge in [-0.25, -0.2) is 4.98 Å². The first-order chi connectivity index (χ1) is 13.2. The Bertz CT molecular complexity index is 914. The normalized spacial score (nSPS) is 16.3. The highest BCUT2D eigenvalue weighted by Gasteiger charge is 2.23. The molecule has 1 N–H and O–H groups in total. The molecule has 1 saturated heterocycles. The zero-order valence-electron chi connectivity index (χ0n) is 15.6. The van der Waals surface area contributed by atoms with Crippen molar-refractivity contribution in [2.75, 3.05) is 31.6 Å². The molecule has 2 heterocycles. The van der Waals surface area contributed by atoms with Crippen molar-refractivity contribution in [3.63, 3.8) is 0 Å². The first-order valence-electron chi connectivity index (χ1n) is 9.45. The number of piperidine rings is 1. The van der Waals surface area contributed by atoms with E-state index in [1.165, 1.54) is 5.56 Å². The second-order valence-corrected chi connectivity index (χ2v) is 8.11. The summed E-state index contributed by atoms with van der Waals surface area (Å²) in [6.07, 6.45) is 6.77. The molecule has 0 radical (unpaired) electrons. The van der Waals surface area contributed by atoms with Gasteiger partial charge in [0.15, 0.2) is 5.13 Å². The van der Waals surface area contributed by atoms with Crippen LogP contribution in [0.3, 0.4) is 0 Å². The minimum atomic E-state index is 0.277. The molecule has 1 aliphatic heterocycles. The summed E-state index contributed by atoms with van der Waals surface area (Å²) in [6, 6.07) is 16.4. The van der Waals surface area contributed by atoms with Crippen molar-refractivity contribution in [1.29, 1.82) is 0 Å². The first-order valence-corrected chi connectivity index (χ1v) is 10.3. The Morgan fingerprint density at radius 2 is 1.96 bits per heavy atom. The van der Waals surface area contributed by atoms with Crippen molar-refractivity contribution in [1.82, 2.24) is 9.88 Å². The molecule has 0 spiro atoms. The van der Waals surface area contributed by atoms with Crippen LogP contribution in [0.4, 0.5) is 5.13 Å². The monoisotopic (exact) mass is 379 g/mol. The van der Waals surface area contributed by atoms with Crippen LogP contribution in [-0.2, 0) is 0 Å². The minimum absolute atomic E-state index is 0.277. The molecular weight excluding hydrogens is 354 g/mol. The quantitative estimate of drug-likeness (QED) is 0.702. The van der Waals surface area contributed by atoms with Gasteiger partial charge in [-0.3, -0.25) is 4.90 Å². The Morgan fingerprint density at radius 3 is 2.74 bits per heavy atom. The number of hydrogen-bond donors (Lipinski definition) is 1. The molecule has 0 amide bonds. The molecule has 1 aromatic heterocycles. The maximum Gasteiger partial charge on any atom is 0.186 e. The standard InChI is InChI=1S/C22H25N3OS/c1-24(22-23-20-16-19(26)9-10-21(20)27-22)18-11-14-25(15-12-18)13-5-8-17-6-3-2-4-7-17/h2-10,16,18,26H,11-15H2,1H3. The van der Waals surface area contributed by atoms with Gasteiger partial charge in [-0.1, -0.05) is 53.8 Å². The molecule has 4 nitrogen and oxygen atoms in total. The van der Waals surface area contributed by atoms with Crippen LogP contribution in [0, 0.1) is 0 Å². The number of thiazole rings is 1. The van der Waals surface area contributed by atoms with Gasteiger partial charge < -0.3 is 10.0 Å². The number of phenols is 1. The van der Waals surface area contributed by atoms with Crippen LogP contribution in [-0.4, -0.2) is 47.7 Å². The predicted octanol–water partition coefficient (Wildman–Crippen LogP) is 4.62. The number of rotatable bonds is 5. The fourth-order valence-electron chi connectivity index (χ4n) is 3.60. The third kappa shape index (κ3) is 4.31. The Kier molecular flexibility index (Phi) is 5.41. The summed E-state index contributed by atoms with van der Waals surface area (Å²) in [5, 5.41) is 10.7. The molecule has 2 aromatic carbocycles. The Morgan fingerprint density at radius 1 is 1.19 bits per heavy atom. The summed E-state index contributed by atoms with van der Waals surface area (Å²) in [5.41, 5.74) is 2.14. The van der Waals surface area contributed by atoms with Gasteiger partial charge in [-0.15, -0.1) is 0 Å². The van der Waals surface area contributed by atoms with Crippen LogP contribution in [0.15, 0.2) is 54.6 Å². The average Bonchev–Trinajstić information content (AvgIpc) is 3.12. The van der Waals surface area contributed by atoms with E-state index in [1.807, 2.05) is 12.1 Å². The zero-order chi connectivity index (χ0) is 18.6. The van der Waals surface area contributed by atoms with Crippen molar-refractivity contribution in [3.05, 3.63) is 60.2 Å². The third-order valence-corrected chi connectivity index (χ3v) is 6.37. The molecule has 0 unspecified atom stereocenters. The summed E-state index contributed by atoms with van der Waals surface area (Å²) < 4.78 is 1.12. The van der Waals surface area contributed by atoms with Crippen LogP contribution in [0.25, 0.3) is 16.3 Å². The van der Waals surface area contributed by atoms with Crippen molar-refractivity contribution in [2.45, 2.75) is 18.9 Å².